The molecule has 0 unspecified atom stereocenters. The van der Waals surface area contributed by atoms with Crippen LogP contribution in [0.25, 0.3) is 11.1 Å². The van der Waals surface area contributed by atoms with Crippen molar-refractivity contribution in [2.75, 3.05) is 4.90 Å². The van der Waals surface area contributed by atoms with Crippen LogP contribution in [0.1, 0.15) is 25.0 Å². The average molecular weight is 434 g/mol. The number of Topliss-reactive ketones (excluding diaryl/α,β-unsaturated/α-hetero) is 1. The molecular weight excluding hydrogens is 410 g/mol. The minimum absolute atomic E-state index is 0.0304. The molecule has 2 fully saturated rings. The highest BCUT2D eigenvalue weighted by molar-refractivity contribution is 6.34. The zero-order valence-electron chi connectivity index (χ0n) is 18.5. The van der Waals surface area contributed by atoms with E-state index >= 15 is 0 Å². The Bertz CT molecular complexity index is 1260. The van der Waals surface area contributed by atoms with E-state index in [-0.39, 0.29) is 17.6 Å². The SMILES string of the molecule is C[C@]12C(=O)[C@@](C)(C(c3ccccc3)=C1c1ccccc1)[C@H]1C(=O)N(c3ccccc3)C(=O)[C@H]12. The Hall–Kier alpha value is -3.79. The van der Waals surface area contributed by atoms with Crippen LogP contribution >= 0.6 is 0 Å². The fraction of sp³-hybridized carbons (Fsp3) is 0.207. The molecule has 4 heteroatoms. The summed E-state index contributed by atoms with van der Waals surface area (Å²) in [6.07, 6.45) is 0. The van der Waals surface area contributed by atoms with Crippen LogP contribution in [0.5, 0.6) is 0 Å². The lowest BCUT2D eigenvalue weighted by Gasteiger charge is -2.35. The molecule has 3 aromatic carbocycles. The maximum absolute atomic E-state index is 14.2. The largest absolute Gasteiger partial charge is 0.298 e. The number of para-hydroxylation sites is 1. The summed E-state index contributed by atoms with van der Waals surface area (Å²) >= 11 is 0. The van der Waals surface area contributed by atoms with Crippen molar-refractivity contribution in [1.29, 1.82) is 0 Å². The Balaban J connectivity index is 1.64. The van der Waals surface area contributed by atoms with Gasteiger partial charge < -0.3 is 0 Å². The number of hydrogen-bond donors (Lipinski definition) is 0. The number of hydrogen-bond acceptors (Lipinski definition) is 3. The van der Waals surface area contributed by atoms with Gasteiger partial charge in [-0.2, -0.15) is 0 Å². The third-order valence-electron chi connectivity index (χ3n) is 7.92. The van der Waals surface area contributed by atoms with Crippen LogP contribution in [0.2, 0.25) is 0 Å². The zero-order chi connectivity index (χ0) is 23.0. The van der Waals surface area contributed by atoms with Gasteiger partial charge in [-0.3, -0.25) is 14.4 Å². The van der Waals surface area contributed by atoms with Gasteiger partial charge in [0, 0.05) is 0 Å². The lowest BCUT2D eigenvalue weighted by atomic mass is 9.63. The summed E-state index contributed by atoms with van der Waals surface area (Å²) in [7, 11) is 0. The van der Waals surface area contributed by atoms with E-state index in [1.807, 2.05) is 92.7 Å². The number of ketones is 1. The molecule has 3 aromatic rings. The van der Waals surface area contributed by atoms with Crippen LogP contribution in [0.3, 0.4) is 0 Å². The molecule has 162 valence electrons. The molecule has 0 N–H and O–H groups in total. The highest BCUT2D eigenvalue weighted by atomic mass is 16.2. The molecule has 0 aromatic heterocycles. The highest BCUT2D eigenvalue weighted by Gasteiger charge is 2.78. The molecule has 33 heavy (non-hydrogen) atoms. The normalized spacial score (nSPS) is 30.4. The zero-order valence-corrected chi connectivity index (χ0v) is 18.5. The second-order valence-electron chi connectivity index (χ2n) is 9.52. The van der Waals surface area contributed by atoms with Crippen molar-refractivity contribution < 1.29 is 14.4 Å². The Kier molecular flexibility index (Phi) is 3.98. The first-order chi connectivity index (χ1) is 15.9. The minimum Gasteiger partial charge on any atom is -0.298 e. The predicted molar refractivity (Wildman–Crippen MR) is 127 cm³/mol. The minimum atomic E-state index is -1.08. The summed E-state index contributed by atoms with van der Waals surface area (Å²) in [5.74, 6) is -2.03. The van der Waals surface area contributed by atoms with Crippen LogP contribution in [0.4, 0.5) is 5.69 Å². The van der Waals surface area contributed by atoms with Crippen LogP contribution in [-0.4, -0.2) is 17.6 Å². The Labute approximate surface area is 192 Å². The van der Waals surface area contributed by atoms with Crippen LogP contribution in [0, 0.1) is 22.7 Å². The van der Waals surface area contributed by atoms with Crippen LogP contribution in [-0.2, 0) is 14.4 Å². The number of fused-ring (bicyclic) bond motifs is 5. The van der Waals surface area contributed by atoms with Gasteiger partial charge in [-0.15, -0.1) is 0 Å². The van der Waals surface area contributed by atoms with E-state index in [2.05, 4.69) is 0 Å². The summed E-state index contributed by atoms with van der Waals surface area (Å²) < 4.78 is 0. The number of anilines is 1. The number of carbonyl (C=O) groups is 3. The molecule has 0 radical (unpaired) electrons. The second-order valence-corrected chi connectivity index (χ2v) is 9.52. The number of amides is 2. The van der Waals surface area contributed by atoms with E-state index in [9.17, 15) is 14.4 Å². The van der Waals surface area contributed by atoms with Gasteiger partial charge in [-0.25, -0.2) is 4.90 Å². The van der Waals surface area contributed by atoms with Crippen molar-refractivity contribution in [2.24, 2.45) is 22.7 Å². The summed E-state index contributed by atoms with van der Waals surface area (Å²) in [6.45, 7) is 3.74. The van der Waals surface area contributed by atoms with Gasteiger partial charge >= 0.3 is 0 Å². The smallest absolute Gasteiger partial charge is 0.239 e. The topological polar surface area (TPSA) is 54.5 Å². The highest BCUT2D eigenvalue weighted by Crippen LogP contribution is 2.73. The Morgan fingerprint density at radius 3 is 1.33 bits per heavy atom. The van der Waals surface area contributed by atoms with Gasteiger partial charge in [0.05, 0.1) is 28.4 Å². The third-order valence-corrected chi connectivity index (χ3v) is 7.92. The van der Waals surface area contributed by atoms with E-state index < -0.39 is 22.7 Å². The number of rotatable bonds is 3. The van der Waals surface area contributed by atoms with Gasteiger partial charge in [-0.1, -0.05) is 78.9 Å². The lowest BCUT2D eigenvalue weighted by Crippen LogP contribution is -2.40. The molecule has 1 heterocycles. The van der Waals surface area contributed by atoms with Gasteiger partial charge in [-0.05, 0) is 48.3 Å². The number of allylic oxidation sites excluding steroid dienone is 2. The molecule has 0 spiro atoms. The predicted octanol–water partition coefficient (Wildman–Crippen LogP) is 5.01. The summed E-state index contributed by atoms with van der Waals surface area (Å²) in [6, 6.07) is 28.7. The molecule has 2 bridgehead atoms. The van der Waals surface area contributed by atoms with Crippen molar-refractivity contribution in [3.63, 3.8) is 0 Å². The van der Waals surface area contributed by atoms with Crippen molar-refractivity contribution in [1.82, 2.24) is 0 Å². The molecule has 1 saturated heterocycles. The van der Waals surface area contributed by atoms with E-state index in [0.717, 1.165) is 22.3 Å². The van der Waals surface area contributed by atoms with Crippen molar-refractivity contribution in [2.45, 2.75) is 13.8 Å². The third kappa shape index (κ3) is 2.28. The molecular formula is C29H23NO3. The number of carbonyl (C=O) groups excluding carboxylic acids is 3. The number of imide groups is 1. The van der Waals surface area contributed by atoms with E-state index in [1.165, 1.54) is 4.90 Å². The summed E-state index contributed by atoms with van der Waals surface area (Å²) in [5, 5.41) is 0. The van der Waals surface area contributed by atoms with Gasteiger partial charge in [0.25, 0.3) is 0 Å². The van der Waals surface area contributed by atoms with Crippen molar-refractivity contribution in [3.05, 3.63) is 102 Å². The van der Waals surface area contributed by atoms with Gasteiger partial charge in [0.2, 0.25) is 11.8 Å². The van der Waals surface area contributed by atoms with E-state index in [1.54, 1.807) is 12.1 Å². The maximum atomic E-state index is 14.2. The first kappa shape index (κ1) is 19.9. The Morgan fingerprint density at radius 2 is 0.939 bits per heavy atom. The van der Waals surface area contributed by atoms with Crippen molar-refractivity contribution in [3.8, 4) is 0 Å². The molecule has 4 atom stereocenters. The van der Waals surface area contributed by atoms with Crippen LogP contribution < -0.4 is 4.90 Å². The number of nitrogens with zero attached hydrogens (tertiary/aromatic N) is 1. The second kappa shape index (κ2) is 6.61. The molecule has 2 aliphatic carbocycles. The van der Waals surface area contributed by atoms with E-state index in [0.29, 0.717) is 5.69 Å². The fourth-order valence-corrected chi connectivity index (χ4v) is 6.64. The summed E-state index contributed by atoms with van der Waals surface area (Å²) in [5.41, 5.74) is 1.99. The lowest BCUT2D eigenvalue weighted by molar-refractivity contribution is -0.133. The molecule has 6 rings (SSSR count). The fourth-order valence-electron chi connectivity index (χ4n) is 6.64. The van der Waals surface area contributed by atoms with E-state index in [4.69, 9.17) is 0 Å². The standard InChI is InChI=1S/C29H23NO3/c1-28-21(18-12-6-3-7-13-18)22(19-14-8-4-9-15-19)29(2,27(28)33)24-23(28)25(31)30(26(24)32)20-16-10-5-11-17-20/h3-17,23-24H,1-2H3/t23-,24+,28-,29-/m0/s1. The van der Waals surface area contributed by atoms with Crippen LogP contribution in [0.15, 0.2) is 91.0 Å². The number of benzene rings is 3. The average Bonchev–Trinajstić information content (AvgIpc) is 3.30. The maximum Gasteiger partial charge on any atom is 0.239 e. The summed E-state index contributed by atoms with van der Waals surface area (Å²) in [4.78, 5) is 43.1. The van der Waals surface area contributed by atoms with Crippen molar-refractivity contribution >= 4 is 34.4 Å². The molecule has 4 nitrogen and oxygen atoms in total. The quantitative estimate of drug-likeness (QED) is 0.546. The first-order valence-electron chi connectivity index (χ1n) is 11.3. The Morgan fingerprint density at radius 1 is 0.576 bits per heavy atom. The molecule has 1 saturated carbocycles. The first-order valence-corrected chi connectivity index (χ1v) is 11.3. The molecule has 2 amide bonds. The van der Waals surface area contributed by atoms with Gasteiger partial charge in [0.15, 0.2) is 5.78 Å². The van der Waals surface area contributed by atoms with Gasteiger partial charge in [0.1, 0.15) is 0 Å². The monoisotopic (exact) mass is 433 g/mol. The molecule has 3 aliphatic rings. The molecule has 1 aliphatic heterocycles.